The van der Waals surface area contributed by atoms with Crippen molar-refractivity contribution in [3.63, 3.8) is 0 Å². The second-order valence-electron chi connectivity index (χ2n) is 4.79. The van der Waals surface area contributed by atoms with Crippen molar-refractivity contribution in [1.82, 2.24) is 15.1 Å². The predicted octanol–water partition coefficient (Wildman–Crippen LogP) is 1.33. The molecule has 1 N–H and O–H groups in total. The van der Waals surface area contributed by atoms with Gasteiger partial charge in [-0.1, -0.05) is 6.07 Å². The Morgan fingerprint density at radius 1 is 1.21 bits per heavy atom. The summed E-state index contributed by atoms with van der Waals surface area (Å²) in [5.74, 6) is 0.0290. The monoisotopic (exact) mass is 255 g/mol. The van der Waals surface area contributed by atoms with Crippen LogP contribution in [0.4, 0.5) is 0 Å². The molecule has 19 heavy (non-hydrogen) atoms. The zero-order chi connectivity index (χ0) is 13.6. The third-order valence-electron chi connectivity index (χ3n) is 3.33. The number of hydrogen-bond acceptors (Lipinski definition) is 3. The van der Waals surface area contributed by atoms with Gasteiger partial charge >= 0.3 is 0 Å². The van der Waals surface area contributed by atoms with Crippen molar-refractivity contribution >= 4 is 5.91 Å². The van der Waals surface area contributed by atoms with Crippen molar-refractivity contribution in [2.45, 2.75) is 13.5 Å². The summed E-state index contributed by atoms with van der Waals surface area (Å²) >= 11 is 0. The van der Waals surface area contributed by atoms with E-state index in [4.69, 9.17) is 0 Å². The lowest BCUT2D eigenvalue weighted by Gasteiger charge is -2.04. The molecule has 5 nitrogen and oxygen atoms in total. The predicted molar refractivity (Wildman–Crippen MR) is 70.8 cm³/mol. The lowest BCUT2D eigenvalue weighted by Crippen LogP contribution is -2.17. The number of carbonyl (C=O) groups is 1. The maximum Gasteiger partial charge on any atom is 0.272 e. The smallest absolute Gasteiger partial charge is 0.272 e. The summed E-state index contributed by atoms with van der Waals surface area (Å²) in [6.45, 7) is 2.41. The molecule has 96 valence electrons. The zero-order valence-electron chi connectivity index (χ0n) is 10.7. The van der Waals surface area contributed by atoms with Gasteiger partial charge in [0.15, 0.2) is 0 Å². The molecular weight excluding hydrogens is 242 g/mol. The van der Waals surface area contributed by atoms with Crippen LogP contribution in [0.15, 0.2) is 29.1 Å². The van der Waals surface area contributed by atoms with Gasteiger partial charge in [-0.3, -0.25) is 9.59 Å². The van der Waals surface area contributed by atoms with Crippen molar-refractivity contribution in [2.75, 3.05) is 7.05 Å². The topological polar surface area (TPSA) is 66.1 Å². The number of rotatable bonds is 1. The minimum absolute atomic E-state index is 0.0290. The molecule has 0 atom stereocenters. The van der Waals surface area contributed by atoms with Crippen molar-refractivity contribution in [3.05, 3.63) is 51.4 Å². The van der Waals surface area contributed by atoms with Crippen LogP contribution in [0.3, 0.4) is 0 Å². The number of carbonyl (C=O) groups excluding carboxylic acids is 1. The molecule has 3 rings (SSSR count). The molecule has 0 saturated heterocycles. The Balaban J connectivity index is 2.14. The van der Waals surface area contributed by atoms with Crippen LogP contribution in [0, 0.1) is 6.92 Å². The van der Waals surface area contributed by atoms with E-state index in [0.29, 0.717) is 17.7 Å². The van der Waals surface area contributed by atoms with Crippen LogP contribution in [0.25, 0.3) is 11.1 Å². The Hall–Kier alpha value is -2.43. The molecule has 1 aromatic heterocycles. The quantitative estimate of drug-likeness (QED) is 0.836. The minimum atomic E-state index is -0.219. The number of aryl methyl sites for hydroxylation is 1. The Kier molecular flexibility index (Phi) is 2.48. The second-order valence-corrected chi connectivity index (χ2v) is 4.79. The zero-order valence-corrected chi connectivity index (χ0v) is 10.7. The van der Waals surface area contributed by atoms with Crippen LogP contribution in [0.2, 0.25) is 0 Å². The third-order valence-corrected chi connectivity index (χ3v) is 3.33. The molecule has 1 aliphatic heterocycles. The standard InChI is InChI=1S/C14H13N3O2/c1-8-5-12(13(18)16-15-8)9-3-4-11-10(6-9)7-17(2)14(11)19/h3-6H,7H2,1-2H3,(H,16,18). The Bertz CT molecular complexity index is 734. The van der Waals surface area contributed by atoms with E-state index in [-0.39, 0.29) is 11.5 Å². The van der Waals surface area contributed by atoms with Gasteiger partial charge in [0.25, 0.3) is 11.5 Å². The lowest BCUT2D eigenvalue weighted by atomic mass is 10.0. The van der Waals surface area contributed by atoms with E-state index in [1.165, 1.54) is 0 Å². The Labute approximate surface area is 109 Å². The van der Waals surface area contributed by atoms with E-state index in [2.05, 4.69) is 10.2 Å². The van der Waals surface area contributed by atoms with E-state index >= 15 is 0 Å². The van der Waals surface area contributed by atoms with E-state index in [0.717, 1.165) is 16.8 Å². The van der Waals surface area contributed by atoms with Crippen molar-refractivity contribution in [3.8, 4) is 11.1 Å². The molecule has 0 fully saturated rings. The number of benzene rings is 1. The van der Waals surface area contributed by atoms with Gasteiger partial charge in [0.1, 0.15) is 0 Å². The molecule has 2 aromatic rings. The first-order chi connectivity index (χ1) is 9.06. The van der Waals surface area contributed by atoms with E-state index in [9.17, 15) is 9.59 Å². The number of aromatic amines is 1. The van der Waals surface area contributed by atoms with Gasteiger partial charge in [-0.25, -0.2) is 5.10 Å². The Morgan fingerprint density at radius 3 is 2.79 bits per heavy atom. The number of amides is 1. The van der Waals surface area contributed by atoms with Crippen LogP contribution in [-0.4, -0.2) is 28.1 Å². The molecule has 1 aromatic carbocycles. The SMILES string of the molecule is Cc1cc(-c2ccc3c(c2)CN(C)C3=O)c(=O)[nH]n1. The van der Waals surface area contributed by atoms with Crippen molar-refractivity contribution in [1.29, 1.82) is 0 Å². The highest BCUT2D eigenvalue weighted by Crippen LogP contribution is 2.26. The van der Waals surface area contributed by atoms with Crippen LogP contribution < -0.4 is 5.56 Å². The molecule has 5 heteroatoms. The van der Waals surface area contributed by atoms with Crippen LogP contribution in [0.1, 0.15) is 21.6 Å². The summed E-state index contributed by atoms with van der Waals surface area (Å²) in [4.78, 5) is 25.3. The molecule has 0 saturated carbocycles. The molecule has 1 aliphatic rings. The van der Waals surface area contributed by atoms with Gasteiger partial charge in [-0.2, -0.15) is 5.10 Å². The first-order valence-corrected chi connectivity index (χ1v) is 6.01. The number of H-pyrrole nitrogens is 1. The second kappa shape index (κ2) is 4.05. The van der Waals surface area contributed by atoms with Gasteiger partial charge < -0.3 is 4.90 Å². The van der Waals surface area contributed by atoms with Gasteiger partial charge in [0.2, 0.25) is 0 Å². The van der Waals surface area contributed by atoms with E-state index in [1.54, 1.807) is 30.1 Å². The number of nitrogens with one attached hydrogen (secondary N) is 1. The highest BCUT2D eigenvalue weighted by molar-refractivity contribution is 5.98. The highest BCUT2D eigenvalue weighted by atomic mass is 16.2. The first-order valence-electron chi connectivity index (χ1n) is 6.01. The van der Waals surface area contributed by atoms with Gasteiger partial charge in [-0.05, 0) is 36.2 Å². The summed E-state index contributed by atoms with van der Waals surface area (Å²) in [6, 6.07) is 7.24. The van der Waals surface area contributed by atoms with Gasteiger partial charge in [-0.15, -0.1) is 0 Å². The van der Waals surface area contributed by atoms with E-state index < -0.39 is 0 Å². The summed E-state index contributed by atoms with van der Waals surface area (Å²) in [5, 5.41) is 6.33. The van der Waals surface area contributed by atoms with Crippen LogP contribution >= 0.6 is 0 Å². The molecule has 0 spiro atoms. The molecule has 0 aliphatic carbocycles. The molecular formula is C14H13N3O2. The fourth-order valence-corrected chi connectivity index (χ4v) is 2.35. The number of hydrogen-bond donors (Lipinski definition) is 1. The maximum atomic E-state index is 11.8. The highest BCUT2D eigenvalue weighted by Gasteiger charge is 2.24. The molecule has 0 unspecified atom stereocenters. The molecule has 2 heterocycles. The normalized spacial score (nSPS) is 13.8. The Morgan fingerprint density at radius 2 is 2.00 bits per heavy atom. The summed E-state index contributed by atoms with van der Waals surface area (Å²) in [7, 11) is 1.77. The number of nitrogens with zero attached hydrogens (tertiary/aromatic N) is 2. The van der Waals surface area contributed by atoms with E-state index in [1.807, 2.05) is 13.0 Å². The first kappa shape index (κ1) is 11.6. The fourth-order valence-electron chi connectivity index (χ4n) is 2.35. The fraction of sp³-hybridized carbons (Fsp3) is 0.214. The average molecular weight is 255 g/mol. The van der Waals surface area contributed by atoms with Crippen LogP contribution in [-0.2, 0) is 6.54 Å². The number of aromatic nitrogens is 2. The molecule has 0 bridgehead atoms. The van der Waals surface area contributed by atoms with Crippen molar-refractivity contribution < 1.29 is 4.79 Å². The third kappa shape index (κ3) is 1.83. The van der Waals surface area contributed by atoms with Gasteiger partial charge in [0.05, 0.1) is 11.3 Å². The number of fused-ring (bicyclic) bond motifs is 1. The summed E-state index contributed by atoms with van der Waals surface area (Å²) in [5.41, 5.74) is 3.60. The minimum Gasteiger partial charge on any atom is -0.337 e. The summed E-state index contributed by atoms with van der Waals surface area (Å²) < 4.78 is 0. The molecule has 1 amide bonds. The largest absolute Gasteiger partial charge is 0.337 e. The van der Waals surface area contributed by atoms with Crippen molar-refractivity contribution in [2.24, 2.45) is 0 Å². The van der Waals surface area contributed by atoms with Gasteiger partial charge in [0, 0.05) is 19.2 Å². The van der Waals surface area contributed by atoms with Crippen LogP contribution in [0.5, 0.6) is 0 Å². The maximum absolute atomic E-state index is 11.8. The summed E-state index contributed by atoms with van der Waals surface area (Å²) in [6.07, 6.45) is 0. The molecule has 0 radical (unpaired) electrons. The average Bonchev–Trinajstić information content (AvgIpc) is 2.67. The lowest BCUT2D eigenvalue weighted by molar-refractivity contribution is 0.0816.